The highest BCUT2D eigenvalue weighted by atomic mass is 32.2. The van der Waals surface area contributed by atoms with Crippen LogP contribution in [-0.2, 0) is 14.3 Å². The van der Waals surface area contributed by atoms with Gasteiger partial charge in [0.1, 0.15) is 5.25 Å². The summed E-state index contributed by atoms with van der Waals surface area (Å²) in [6, 6.07) is 7.33. The molecule has 84 valence electrons. The monoisotopic (exact) mass is 236 g/mol. The molecule has 0 aliphatic heterocycles. The summed E-state index contributed by atoms with van der Waals surface area (Å²) in [6.07, 6.45) is 3.57. The van der Waals surface area contributed by atoms with E-state index in [1.807, 2.05) is 24.3 Å². The standard InChI is InChI=1S/C12H12O3S/c1-9-7-8-10-5-3-4-6-11(10)12(9)16(13,14)15-2/h3-8,12H,1H2,2H3. The van der Waals surface area contributed by atoms with Gasteiger partial charge in [0.2, 0.25) is 0 Å². The molecule has 0 radical (unpaired) electrons. The van der Waals surface area contributed by atoms with Gasteiger partial charge in [-0.25, -0.2) is 0 Å². The van der Waals surface area contributed by atoms with Gasteiger partial charge in [-0.3, -0.25) is 4.18 Å². The van der Waals surface area contributed by atoms with Crippen LogP contribution in [0.4, 0.5) is 0 Å². The van der Waals surface area contributed by atoms with Crippen molar-refractivity contribution in [3.63, 3.8) is 0 Å². The fourth-order valence-corrected chi connectivity index (χ4v) is 2.99. The number of hydrogen-bond acceptors (Lipinski definition) is 3. The summed E-state index contributed by atoms with van der Waals surface area (Å²) in [6.45, 7) is 3.76. The maximum absolute atomic E-state index is 11.8. The predicted octanol–water partition coefficient (Wildman–Crippen LogP) is 2.29. The van der Waals surface area contributed by atoms with E-state index < -0.39 is 15.4 Å². The number of fused-ring (bicyclic) bond motifs is 1. The molecule has 0 saturated carbocycles. The summed E-state index contributed by atoms with van der Waals surface area (Å²) in [5.74, 6) is 0. The highest BCUT2D eigenvalue weighted by Crippen LogP contribution is 2.37. The fourth-order valence-electron chi connectivity index (χ4n) is 1.82. The minimum Gasteiger partial charge on any atom is -0.273 e. The lowest BCUT2D eigenvalue weighted by Gasteiger charge is -2.22. The first-order chi connectivity index (χ1) is 7.56. The minimum atomic E-state index is -3.63. The highest BCUT2D eigenvalue weighted by molar-refractivity contribution is 7.87. The molecule has 1 atom stereocenters. The molecule has 1 aromatic carbocycles. The predicted molar refractivity (Wildman–Crippen MR) is 63.3 cm³/mol. The molecule has 0 heterocycles. The number of benzene rings is 1. The number of hydrogen-bond donors (Lipinski definition) is 0. The molecule has 1 aliphatic carbocycles. The Morgan fingerprint density at radius 3 is 2.62 bits per heavy atom. The van der Waals surface area contributed by atoms with E-state index in [9.17, 15) is 8.42 Å². The largest absolute Gasteiger partial charge is 0.278 e. The van der Waals surface area contributed by atoms with E-state index >= 15 is 0 Å². The molecule has 1 aromatic rings. The molecule has 2 rings (SSSR count). The number of allylic oxidation sites excluding steroid dienone is 1. The molecule has 3 nitrogen and oxygen atoms in total. The van der Waals surface area contributed by atoms with E-state index in [0.717, 1.165) is 11.1 Å². The maximum atomic E-state index is 11.8. The van der Waals surface area contributed by atoms with Crippen molar-refractivity contribution in [1.82, 2.24) is 0 Å². The van der Waals surface area contributed by atoms with Crippen LogP contribution >= 0.6 is 0 Å². The normalized spacial score (nSPS) is 19.6. The second-order valence-electron chi connectivity index (χ2n) is 3.58. The zero-order chi connectivity index (χ0) is 11.8. The van der Waals surface area contributed by atoms with Crippen LogP contribution in [0.2, 0.25) is 0 Å². The van der Waals surface area contributed by atoms with E-state index in [1.54, 1.807) is 12.1 Å². The quantitative estimate of drug-likeness (QED) is 0.740. The molecule has 0 fully saturated rings. The van der Waals surface area contributed by atoms with Crippen molar-refractivity contribution in [3.05, 3.63) is 53.6 Å². The summed E-state index contributed by atoms with van der Waals surface area (Å²) in [4.78, 5) is 0. The van der Waals surface area contributed by atoms with Crippen LogP contribution in [0.5, 0.6) is 0 Å². The maximum Gasteiger partial charge on any atom is 0.278 e. The zero-order valence-electron chi connectivity index (χ0n) is 8.88. The van der Waals surface area contributed by atoms with Gasteiger partial charge < -0.3 is 0 Å². The third-order valence-corrected chi connectivity index (χ3v) is 4.21. The Bertz CT molecular complexity index is 555. The number of rotatable bonds is 2. The Kier molecular flexibility index (Phi) is 2.69. The first kappa shape index (κ1) is 11.1. The lowest BCUT2D eigenvalue weighted by atomic mass is 9.94. The van der Waals surface area contributed by atoms with Crippen LogP contribution in [0.15, 0.2) is 42.5 Å². The Labute approximate surface area is 95.2 Å². The summed E-state index contributed by atoms with van der Waals surface area (Å²) in [5, 5.41) is -0.793. The molecule has 0 aromatic heterocycles. The van der Waals surface area contributed by atoms with Crippen molar-refractivity contribution in [2.24, 2.45) is 0 Å². The average Bonchev–Trinajstić information content (AvgIpc) is 2.28. The molecule has 1 aliphatic rings. The second kappa shape index (κ2) is 3.88. The molecule has 0 saturated heterocycles. The van der Waals surface area contributed by atoms with Crippen LogP contribution in [0, 0.1) is 0 Å². The van der Waals surface area contributed by atoms with Gasteiger partial charge in [-0.1, -0.05) is 43.0 Å². The first-order valence-electron chi connectivity index (χ1n) is 4.81. The Morgan fingerprint density at radius 2 is 1.94 bits per heavy atom. The lowest BCUT2D eigenvalue weighted by Crippen LogP contribution is -2.18. The van der Waals surface area contributed by atoms with Crippen molar-refractivity contribution in [3.8, 4) is 0 Å². The fraction of sp³-hybridized carbons (Fsp3) is 0.167. The van der Waals surface area contributed by atoms with Crippen LogP contribution in [0.1, 0.15) is 16.4 Å². The van der Waals surface area contributed by atoms with Crippen molar-refractivity contribution >= 4 is 16.2 Å². The second-order valence-corrected chi connectivity index (χ2v) is 5.37. The first-order valence-corrected chi connectivity index (χ1v) is 6.28. The SMILES string of the molecule is C=C1C=Cc2ccccc2C1S(=O)(=O)OC. The zero-order valence-corrected chi connectivity index (χ0v) is 9.70. The van der Waals surface area contributed by atoms with Crippen molar-refractivity contribution in [2.75, 3.05) is 7.11 Å². The minimum absolute atomic E-state index is 0.528. The van der Waals surface area contributed by atoms with E-state index in [2.05, 4.69) is 10.8 Å². The molecule has 4 heteroatoms. The topological polar surface area (TPSA) is 43.4 Å². The van der Waals surface area contributed by atoms with Crippen molar-refractivity contribution < 1.29 is 12.6 Å². The molecular formula is C12H12O3S. The van der Waals surface area contributed by atoms with E-state index in [0.29, 0.717) is 5.57 Å². The molecule has 0 N–H and O–H groups in total. The Hall–Kier alpha value is -1.39. The summed E-state index contributed by atoms with van der Waals surface area (Å²) >= 11 is 0. The van der Waals surface area contributed by atoms with E-state index in [1.165, 1.54) is 7.11 Å². The van der Waals surface area contributed by atoms with Crippen LogP contribution < -0.4 is 0 Å². The van der Waals surface area contributed by atoms with Gasteiger partial charge in [0, 0.05) is 0 Å². The van der Waals surface area contributed by atoms with Crippen LogP contribution in [-0.4, -0.2) is 15.5 Å². The lowest BCUT2D eigenvalue weighted by molar-refractivity contribution is 0.392. The van der Waals surface area contributed by atoms with Crippen molar-refractivity contribution in [1.29, 1.82) is 0 Å². The van der Waals surface area contributed by atoms with Gasteiger partial charge in [-0.05, 0) is 16.7 Å². The van der Waals surface area contributed by atoms with Gasteiger partial charge in [0.05, 0.1) is 7.11 Å². The third-order valence-electron chi connectivity index (χ3n) is 2.61. The summed E-state index contributed by atoms with van der Waals surface area (Å²) in [5.41, 5.74) is 2.14. The molecule has 0 spiro atoms. The molecule has 1 unspecified atom stereocenters. The third kappa shape index (κ3) is 1.70. The van der Waals surface area contributed by atoms with Crippen LogP contribution in [0.3, 0.4) is 0 Å². The summed E-state index contributed by atoms with van der Waals surface area (Å²) in [7, 11) is -2.46. The molecule has 16 heavy (non-hydrogen) atoms. The van der Waals surface area contributed by atoms with Crippen molar-refractivity contribution in [2.45, 2.75) is 5.25 Å². The molecule has 0 bridgehead atoms. The van der Waals surface area contributed by atoms with Gasteiger partial charge in [0.25, 0.3) is 10.1 Å². The van der Waals surface area contributed by atoms with E-state index in [-0.39, 0.29) is 0 Å². The van der Waals surface area contributed by atoms with Gasteiger partial charge in [-0.15, -0.1) is 0 Å². The van der Waals surface area contributed by atoms with Crippen LogP contribution in [0.25, 0.3) is 6.08 Å². The smallest absolute Gasteiger partial charge is 0.273 e. The van der Waals surface area contributed by atoms with E-state index in [4.69, 9.17) is 0 Å². The highest BCUT2D eigenvalue weighted by Gasteiger charge is 2.32. The van der Waals surface area contributed by atoms with Gasteiger partial charge in [0.15, 0.2) is 0 Å². The van der Waals surface area contributed by atoms with Gasteiger partial charge >= 0.3 is 0 Å². The average molecular weight is 236 g/mol. The Morgan fingerprint density at radius 1 is 1.25 bits per heavy atom. The molecule has 0 amide bonds. The Balaban J connectivity index is 2.63. The summed E-state index contributed by atoms with van der Waals surface area (Å²) < 4.78 is 28.2. The molecular weight excluding hydrogens is 224 g/mol. The van der Waals surface area contributed by atoms with Gasteiger partial charge in [-0.2, -0.15) is 8.42 Å².